The molecule has 5 heterocycles. The van der Waals surface area contributed by atoms with Crippen molar-refractivity contribution < 1.29 is 9.15 Å². The Morgan fingerprint density at radius 2 is 1.26 bits per heavy atom. The molecule has 14 rings (SSSR count). The second kappa shape index (κ2) is 12.3. The molecule has 7 aromatic carbocycles. The van der Waals surface area contributed by atoms with Crippen molar-refractivity contribution in [3.63, 3.8) is 0 Å². The van der Waals surface area contributed by atoms with Gasteiger partial charge in [0.15, 0.2) is 17.3 Å². The van der Waals surface area contributed by atoms with Gasteiger partial charge in [-0.15, -0.1) is 0 Å². The van der Waals surface area contributed by atoms with Crippen LogP contribution in [0, 0.1) is 0 Å². The molecule has 1 aliphatic heterocycles. The Morgan fingerprint density at radius 1 is 0.484 bits per heavy atom. The van der Waals surface area contributed by atoms with Gasteiger partial charge in [0.25, 0.3) is 0 Å². The highest BCUT2D eigenvalue weighted by atomic mass is 16.5. The Bertz CT molecular complexity index is 3710. The minimum Gasteiger partial charge on any atom is -0.456 e. The molecule has 7 nitrogen and oxygen atoms in total. The highest BCUT2D eigenvalue weighted by Crippen LogP contribution is 2.66. The summed E-state index contributed by atoms with van der Waals surface area (Å²) in [5, 5.41) is 3.19. The van der Waals surface area contributed by atoms with E-state index in [1.54, 1.807) is 0 Å². The Balaban J connectivity index is 1.01. The van der Waals surface area contributed by atoms with Gasteiger partial charge in [0, 0.05) is 56.9 Å². The van der Waals surface area contributed by atoms with Gasteiger partial charge in [-0.2, -0.15) is 0 Å². The van der Waals surface area contributed by atoms with Crippen molar-refractivity contribution in [3.8, 4) is 56.7 Å². The zero-order valence-corrected chi connectivity index (χ0v) is 33.0. The molecule has 0 bridgehead atoms. The van der Waals surface area contributed by atoms with Crippen molar-refractivity contribution in [1.29, 1.82) is 0 Å². The molecule has 0 saturated carbocycles. The summed E-state index contributed by atoms with van der Waals surface area (Å²) in [5.74, 6) is 2.19. The molecule has 1 unspecified atom stereocenters. The lowest BCUT2D eigenvalue weighted by atomic mass is 9.71. The molecule has 11 aromatic rings. The number of pyridine rings is 2. The molecule has 0 radical (unpaired) electrons. The van der Waals surface area contributed by atoms with E-state index in [1.807, 2.05) is 67.0 Å². The topological polar surface area (TPSA) is 77.2 Å². The van der Waals surface area contributed by atoms with Gasteiger partial charge in [-0.3, -0.25) is 9.97 Å². The highest BCUT2D eigenvalue weighted by molar-refractivity contribution is 6.07. The fourth-order valence-corrected chi connectivity index (χ4v) is 10.4. The molecule has 4 aromatic heterocycles. The third-order valence-electron chi connectivity index (χ3n) is 13.0. The van der Waals surface area contributed by atoms with E-state index < -0.39 is 5.41 Å². The summed E-state index contributed by atoms with van der Waals surface area (Å²) in [7, 11) is 0. The smallest absolute Gasteiger partial charge is 0.161 e. The number of hydrogen-bond donors (Lipinski definition) is 0. The van der Waals surface area contributed by atoms with Gasteiger partial charge < -0.3 is 14.1 Å². The van der Waals surface area contributed by atoms with Crippen LogP contribution < -0.4 is 9.64 Å². The fraction of sp³-hybridized carbons (Fsp3) is 0.0182. The molecule has 7 heteroatoms. The van der Waals surface area contributed by atoms with Crippen molar-refractivity contribution in [2.24, 2.45) is 0 Å². The first-order chi connectivity index (χ1) is 30.7. The monoisotopic (exact) mass is 793 g/mol. The summed E-state index contributed by atoms with van der Waals surface area (Å²) in [6.45, 7) is 0. The van der Waals surface area contributed by atoms with E-state index in [-0.39, 0.29) is 0 Å². The quantitative estimate of drug-likeness (QED) is 0.176. The number of rotatable bonds is 3. The third-order valence-corrected chi connectivity index (χ3v) is 13.0. The molecule has 0 saturated heterocycles. The fourth-order valence-electron chi connectivity index (χ4n) is 10.4. The van der Waals surface area contributed by atoms with Crippen LogP contribution in [0.1, 0.15) is 22.3 Å². The van der Waals surface area contributed by atoms with E-state index in [0.717, 1.165) is 123 Å². The van der Waals surface area contributed by atoms with E-state index in [2.05, 4.69) is 126 Å². The van der Waals surface area contributed by atoms with Crippen molar-refractivity contribution in [2.45, 2.75) is 5.41 Å². The first-order valence-electron chi connectivity index (χ1n) is 20.8. The van der Waals surface area contributed by atoms with Crippen LogP contribution in [0.15, 0.2) is 193 Å². The van der Waals surface area contributed by atoms with Crippen LogP contribution in [-0.4, -0.2) is 19.9 Å². The summed E-state index contributed by atoms with van der Waals surface area (Å²) < 4.78 is 13.5. The highest BCUT2D eigenvalue weighted by Gasteiger charge is 2.54. The average molecular weight is 794 g/mol. The van der Waals surface area contributed by atoms with Crippen molar-refractivity contribution in [3.05, 3.63) is 211 Å². The molecular weight excluding hydrogens is 763 g/mol. The van der Waals surface area contributed by atoms with Gasteiger partial charge >= 0.3 is 0 Å². The minimum absolute atomic E-state index is 0.617. The van der Waals surface area contributed by atoms with E-state index >= 15 is 0 Å². The van der Waals surface area contributed by atoms with Crippen molar-refractivity contribution >= 4 is 49.9 Å². The maximum absolute atomic E-state index is 7.12. The molecule has 0 amide bonds. The van der Waals surface area contributed by atoms with Crippen LogP contribution in [-0.2, 0) is 5.41 Å². The number of aromatic nitrogens is 4. The largest absolute Gasteiger partial charge is 0.456 e. The van der Waals surface area contributed by atoms with Gasteiger partial charge in [-0.05, 0) is 76.9 Å². The second-order valence-corrected chi connectivity index (χ2v) is 16.1. The Kier molecular flexibility index (Phi) is 6.64. The first kappa shape index (κ1) is 33.4. The van der Waals surface area contributed by atoms with Gasteiger partial charge in [-0.1, -0.05) is 115 Å². The molecule has 3 aliphatic rings. The standard InChI is InChI=1S/C55H31N5O2/c1-2-13-32(14-3-1)50-38-17-5-8-20-43(38)58-54(59-50)33-29-42-52(57-31-33)51-41(19-12-28-56-51)55(42)39-18-7-4-16-37(39)49-40(55)26-27-45-53(49)62-47-23-11-9-21-44(47)60(45)34-24-25-36-35-15-6-10-22-46(35)61-48(36)30-34/h1-31H. The molecule has 1 atom stereocenters. The van der Waals surface area contributed by atoms with Crippen LogP contribution >= 0.6 is 0 Å². The molecule has 0 N–H and O–H groups in total. The third kappa shape index (κ3) is 4.38. The lowest BCUT2D eigenvalue weighted by Crippen LogP contribution is -2.26. The number of hydrogen-bond acceptors (Lipinski definition) is 7. The maximum Gasteiger partial charge on any atom is 0.161 e. The number of fused-ring (bicyclic) bond motifs is 17. The molecule has 288 valence electrons. The van der Waals surface area contributed by atoms with Crippen LogP contribution in [0.4, 0.5) is 17.1 Å². The second-order valence-electron chi connectivity index (χ2n) is 16.1. The SMILES string of the molecule is c1ccc(-c2nc(-c3cnc4c(c3)C3(c5ccccc5-c5c3ccc3c5Oc5ccccc5N3c3ccc5c(c3)oc3ccccc35)c3cccnc3-4)nc3ccccc23)cc1. The van der Waals surface area contributed by atoms with Gasteiger partial charge in [0.05, 0.1) is 45.1 Å². The number of ether oxygens (including phenoxy) is 1. The Labute approximate surface area is 355 Å². The van der Waals surface area contributed by atoms with Crippen LogP contribution in [0.3, 0.4) is 0 Å². The van der Waals surface area contributed by atoms with E-state index in [4.69, 9.17) is 29.1 Å². The first-order valence-corrected chi connectivity index (χ1v) is 20.8. The minimum atomic E-state index is -0.750. The van der Waals surface area contributed by atoms with Gasteiger partial charge in [0.1, 0.15) is 11.2 Å². The normalized spacial score (nSPS) is 15.3. The van der Waals surface area contributed by atoms with Gasteiger partial charge in [-0.25, -0.2) is 9.97 Å². The summed E-state index contributed by atoms with van der Waals surface area (Å²) in [4.78, 5) is 23.0. The van der Waals surface area contributed by atoms with Crippen molar-refractivity contribution in [1.82, 2.24) is 19.9 Å². The van der Waals surface area contributed by atoms with E-state index in [9.17, 15) is 0 Å². The van der Waals surface area contributed by atoms with Gasteiger partial charge in [0.2, 0.25) is 0 Å². The number of para-hydroxylation sites is 4. The molecular formula is C55H31N5O2. The van der Waals surface area contributed by atoms with Crippen LogP contribution in [0.5, 0.6) is 11.5 Å². The zero-order valence-electron chi connectivity index (χ0n) is 33.0. The number of nitrogens with zero attached hydrogens (tertiary/aromatic N) is 5. The summed E-state index contributed by atoms with van der Waals surface area (Å²) >= 11 is 0. The number of benzene rings is 7. The Morgan fingerprint density at radius 3 is 2.21 bits per heavy atom. The van der Waals surface area contributed by atoms with E-state index in [1.165, 1.54) is 0 Å². The maximum atomic E-state index is 7.12. The number of furan rings is 1. The van der Waals surface area contributed by atoms with Crippen LogP contribution in [0.2, 0.25) is 0 Å². The summed E-state index contributed by atoms with van der Waals surface area (Å²) in [6.07, 6.45) is 3.77. The lowest BCUT2D eigenvalue weighted by molar-refractivity contribution is 0.478. The summed E-state index contributed by atoms with van der Waals surface area (Å²) in [6, 6.07) is 61.2. The molecule has 2 aliphatic carbocycles. The molecule has 0 fully saturated rings. The summed E-state index contributed by atoms with van der Waals surface area (Å²) in [5.41, 5.74) is 15.7. The average Bonchev–Trinajstić information content (AvgIpc) is 3.97. The zero-order chi connectivity index (χ0) is 40.5. The van der Waals surface area contributed by atoms with Crippen LogP contribution in [0.25, 0.3) is 78.0 Å². The molecule has 62 heavy (non-hydrogen) atoms. The van der Waals surface area contributed by atoms with Crippen molar-refractivity contribution in [2.75, 3.05) is 4.90 Å². The lowest BCUT2D eigenvalue weighted by Gasteiger charge is -2.35. The van der Waals surface area contributed by atoms with E-state index in [0.29, 0.717) is 5.82 Å². The molecule has 1 spiro atoms. The predicted octanol–water partition coefficient (Wildman–Crippen LogP) is 13.6. The Hall–Kier alpha value is -8.42. The number of anilines is 3. The predicted molar refractivity (Wildman–Crippen MR) is 244 cm³/mol.